The molecule has 1 N–H and O–H groups in total. The van der Waals surface area contributed by atoms with Crippen LogP contribution in [0.1, 0.15) is 12.0 Å². The number of sulfonamides is 1. The number of ether oxygens (including phenoxy) is 3. The smallest absolute Gasteiger partial charge is 0.221 e. The molecule has 1 heterocycles. The Hall–Kier alpha value is -1.84. The number of hydrogen-bond acceptors (Lipinski definition) is 6. The van der Waals surface area contributed by atoms with Gasteiger partial charge in [0.15, 0.2) is 11.5 Å². The molecule has 1 fully saturated rings. The van der Waals surface area contributed by atoms with E-state index in [1.807, 2.05) is 18.2 Å². The predicted molar refractivity (Wildman–Crippen MR) is 97.1 cm³/mol. The first-order valence-electron chi connectivity index (χ1n) is 8.49. The SMILES string of the molecule is COc1ccc(CCNC(=O)CCS(=O)(=O)N2CCOCC2)cc1OC. The van der Waals surface area contributed by atoms with Gasteiger partial charge in [-0.25, -0.2) is 8.42 Å². The highest BCUT2D eigenvalue weighted by atomic mass is 32.2. The van der Waals surface area contributed by atoms with Crippen LogP contribution < -0.4 is 14.8 Å². The van der Waals surface area contributed by atoms with Crippen LogP contribution in [0.3, 0.4) is 0 Å². The van der Waals surface area contributed by atoms with Crippen molar-refractivity contribution in [3.05, 3.63) is 23.8 Å². The van der Waals surface area contributed by atoms with Gasteiger partial charge in [-0.2, -0.15) is 4.31 Å². The van der Waals surface area contributed by atoms with Gasteiger partial charge < -0.3 is 19.5 Å². The summed E-state index contributed by atoms with van der Waals surface area (Å²) in [5.41, 5.74) is 0.990. The van der Waals surface area contributed by atoms with Crippen LogP contribution in [0.15, 0.2) is 18.2 Å². The molecule has 0 saturated carbocycles. The molecule has 9 heteroatoms. The third-order valence-corrected chi connectivity index (χ3v) is 6.01. The Morgan fingerprint density at radius 2 is 1.88 bits per heavy atom. The highest BCUT2D eigenvalue weighted by Crippen LogP contribution is 2.27. The van der Waals surface area contributed by atoms with Crippen LogP contribution in [-0.4, -0.2) is 71.5 Å². The fourth-order valence-electron chi connectivity index (χ4n) is 2.65. The first-order chi connectivity index (χ1) is 12.5. The molecule has 0 unspecified atom stereocenters. The molecule has 146 valence electrons. The summed E-state index contributed by atoms with van der Waals surface area (Å²) in [4.78, 5) is 11.9. The van der Waals surface area contributed by atoms with Crippen LogP contribution in [0.25, 0.3) is 0 Å². The zero-order valence-electron chi connectivity index (χ0n) is 15.2. The largest absolute Gasteiger partial charge is 0.493 e. The van der Waals surface area contributed by atoms with Gasteiger partial charge in [0, 0.05) is 26.1 Å². The van der Waals surface area contributed by atoms with Crippen molar-refractivity contribution in [2.45, 2.75) is 12.8 Å². The van der Waals surface area contributed by atoms with Crippen molar-refractivity contribution in [1.82, 2.24) is 9.62 Å². The molecule has 1 aliphatic rings. The molecule has 1 saturated heterocycles. The van der Waals surface area contributed by atoms with E-state index < -0.39 is 10.0 Å². The van der Waals surface area contributed by atoms with E-state index in [2.05, 4.69) is 5.32 Å². The zero-order chi connectivity index (χ0) is 19.0. The molecule has 1 aromatic carbocycles. The van der Waals surface area contributed by atoms with Crippen molar-refractivity contribution in [2.24, 2.45) is 0 Å². The van der Waals surface area contributed by atoms with E-state index >= 15 is 0 Å². The molecule has 8 nitrogen and oxygen atoms in total. The predicted octanol–water partition coefficient (Wildman–Crippen LogP) is 0.415. The molecule has 2 rings (SSSR count). The number of rotatable bonds is 9. The van der Waals surface area contributed by atoms with Gasteiger partial charge in [-0.05, 0) is 24.1 Å². The lowest BCUT2D eigenvalue weighted by Crippen LogP contribution is -2.42. The average molecular weight is 386 g/mol. The molecule has 1 aliphatic heterocycles. The van der Waals surface area contributed by atoms with Gasteiger partial charge in [-0.15, -0.1) is 0 Å². The molecule has 1 aromatic rings. The van der Waals surface area contributed by atoms with Crippen molar-refractivity contribution in [3.8, 4) is 11.5 Å². The summed E-state index contributed by atoms with van der Waals surface area (Å²) < 4.78 is 41.3. The monoisotopic (exact) mass is 386 g/mol. The Kier molecular flexibility index (Phi) is 7.67. The van der Waals surface area contributed by atoms with Crippen LogP contribution in [0.5, 0.6) is 11.5 Å². The van der Waals surface area contributed by atoms with E-state index in [-0.39, 0.29) is 18.1 Å². The lowest BCUT2D eigenvalue weighted by atomic mass is 10.1. The lowest BCUT2D eigenvalue weighted by molar-refractivity contribution is -0.120. The van der Waals surface area contributed by atoms with Crippen molar-refractivity contribution in [3.63, 3.8) is 0 Å². The number of benzene rings is 1. The van der Waals surface area contributed by atoms with Gasteiger partial charge in [0.25, 0.3) is 0 Å². The molecule has 0 spiro atoms. The lowest BCUT2D eigenvalue weighted by Gasteiger charge is -2.25. The van der Waals surface area contributed by atoms with Crippen molar-refractivity contribution >= 4 is 15.9 Å². The van der Waals surface area contributed by atoms with E-state index in [0.29, 0.717) is 50.8 Å². The van der Waals surface area contributed by atoms with Crippen LogP contribution in [0.2, 0.25) is 0 Å². The summed E-state index contributed by atoms with van der Waals surface area (Å²) in [5.74, 6) is 0.818. The quantitative estimate of drug-likeness (QED) is 0.661. The highest BCUT2D eigenvalue weighted by molar-refractivity contribution is 7.89. The number of morpholine rings is 1. The maximum atomic E-state index is 12.2. The standard InChI is InChI=1S/C17H26N2O6S/c1-23-15-4-3-14(13-16(15)24-2)5-7-18-17(20)6-12-26(21,22)19-8-10-25-11-9-19/h3-4,13H,5-12H2,1-2H3,(H,18,20). The van der Waals surface area contributed by atoms with Crippen molar-refractivity contribution in [2.75, 3.05) is 52.8 Å². The number of nitrogens with one attached hydrogen (secondary N) is 1. The minimum absolute atomic E-state index is 0.0500. The van der Waals surface area contributed by atoms with Crippen molar-refractivity contribution < 1.29 is 27.4 Å². The van der Waals surface area contributed by atoms with Crippen molar-refractivity contribution in [1.29, 1.82) is 0 Å². The number of methoxy groups -OCH3 is 2. The third-order valence-electron chi connectivity index (χ3n) is 4.13. The summed E-state index contributed by atoms with van der Waals surface area (Å²) in [6, 6.07) is 5.56. The second-order valence-electron chi connectivity index (χ2n) is 5.87. The van der Waals surface area contributed by atoms with E-state index in [4.69, 9.17) is 14.2 Å². The van der Waals surface area contributed by atoms with Gasteiger partial charge in [0.05, 0.1) is 33.2 Å². The first-order valence-corrected chi connectivity index (χ1v) is 10.1. The molecular formula is C17H26N2O6S. The van der Waals surface area contributed by atoms with Crippen LogP contribution in [0, 0.1) is 0 Å². The van der Waals surface area contributed by atoms with Crippen LogP contribution in [-0.2, 0) is 26.0 Å². The second-order valence-corrected chi connectivity index (χ2v) is 7.96. The van der Waals surface area contributed by atoms with E-state index in [0.717, 1.165) is 5.56 Å². The average Bonchev–Trinajstić information content (AvgIpc) is 2.67. The van der Waals surface area contributed by atoms with E-state index in [1.165, 1.54) is 4.31 Å². The Morgan fingerprint density at radius 1 is 1.19 bits per heavy atom. The Morgan fingerprint density at radius 3 is 2.54 bits per heavy atom. The topological polar surface area (TPSA) is 94.2 Å². The third kappa shape index (κ3) is 5.86. The molecule has 0 atom stereocenters. The molecule has 26 heavy (non-hydrogen) atoms. The molecule has 0 aliphatic carbocycles. The van der Waals surface area contributed by atoms with Gasteiger partial charge in [-0.3, -0.25) is 4.79 Å². The second kappa shape index (κ2) is 9.75. The highest BCUT2D eigenvalue weighted by Gasteiger charge is 2.24. The maximum Gasteiger partial charge on any atom is 0.221 e. The Labute approximate surface area is 154 Å². The number of hydrogen-bond donors (Lipinski definition) is 1. The Balaban J connectivity index is 1.75. The minimum Gasteiger partial charge on any atom is -0.493 e. The summed E-state index contributed by atoms with van der Waals surface area (Å²) in [6.45, 7) is 1.92. The van der Waals surface area contributed by atoms with E-state index in [1.54, 1.807) is 14.2 Å². The van der Waals surface area contributed by atoms with Crippen LogP contribution in [0.4, 0.5) is 0 Å². The summed E-state index contributed by atoms with van der Waals surface area (Å²) in [6.07, 6.45) is 0.563. The molecule has 0 bridgehead atoms. The van der Waals surface area contributed by atoms with Gasteiger partial charge >= 0.3 is 0 Å². The fraction of sp³-hybridized carbons (Fsp3) is 0.588. The minimum atomic E-state index is -3.41. The van der Waals surface area contributed by atoms with Crippen LogP contribution >= 0.6 is 0 Å². The molecular weight excluding hydrogens is 360 g/mol. The summed E-state index contributed by atoms with van der Waals surface area (Å²) in [5, 5.41) is 2.75. The zero-order valence-corrected chi connectivity index (χ0v) is 16.0. The van der Waals surface area contributed by atoms with Gasteiger partial charge in [0.2, 0.25) is 15.9 Å². The summed E-state index contributed by atoms with van der Waals surface area (Å²) in [7, 11) is -0.270. The Bertz CT molecular complexity index is 701. The number of amides is 1. The number of nitrogens with zero attached hydrogens (tertiary/aromatic N) is 1. The van der Waals surface area contributed by atoms with Gasteiger partial charge in [0.1, 0.15) is 0 Å². The van der Waals surface area contributed by atoms with Gasteiger partial charge in [-0.1, -0.05) is 6.07 Å². The molecule has 0 aromatic heterocycles. The number of carbonyl (C=O) groups excluding carboxylic acids is 1. The maximum absolute atomic E-state index is 12.2. The molecule has 1 amide bonds. The van der Waals surface area contributed by atoms with E-state index in [9.17, 15) is 13.2 Å². The summed E-state index contributed by atoms with van der Waals surface area (Å²) >= 11 is 0. The first kappa shape index (κ1) is 20.5. The number of carbonyl (C=O) groups is 1. The normalized spacial score (nSPS) is 15.5. The fourth-order valence-corrected chi connectivity index (χ4v) is 4.05. The molecule has 0 radical (unpaired) electrons.